The SMILES string of the molecule is C1=CC2C3=C(C=C4c5cc6cc7c(cc6cc5C(=C1)C42)C1=CC2=C(C=CCC2)C2C=CC=C7C12)CCC=C3. The maximum absolute atomic E-state index is 2.56. The van der Waals surface area contributed by atoms with Gasteiger partial charge in [-0.3, -0.25) is 0 Å². The number of hydrogen-bond acceptors (Lipinski definition) is 0. The van der Waals surface area contributed by atoms with Crippen LogP contribution in [-0.2, 0) is 0 Å². The molecule has 8 aliphatic rings. The molecule has 180 valence electrons. The largest absolute Gasteiger partial charge is 0.0839 e. The van der Waals surface area contributed by atoms with E-state index in [4.69, 9.17) is 0 Å². The van der Waals surface area contributed by atoms with Crippen molar-refractivity contribution < 1.29 is 0 Å². The third-order valence-electron chi connectivity index (χ3n) is 10.5. The van der Waals surface area contributed by atoms with E-state index in [1.54, 1.807) is 33.4 Å². The third-order valence-corrected chi connectivity index (χ3v) is 10.5. The normalized spacial score (nSPS) is 30.2. The topological polar surface area (TPSA) is 0 Å². The van der Waals surface area contributed by atoms with Crippen molar-refractivity contribution in [3.05, 3.63) is 142 Å². The van der Waals surface area contributed by atoms with E-state index in [0.29, 0.717) is 23.7 Å². The van der Waals surface area contributed by atoms with E-state index in [2.05, 4.69) is 97.2 Å². The highest BCUT2D eigenvalue weighted by molar-refractivity contribution is 6.07. The molecule has 0 aliphatic heterocycles. The van der Waals surface area contributed by atoms with Crippen LogP contribution in [0.1, 0.15) is 47.9 Å². The summed E-state index contributed by atoms with van der Waals surface area (Å²) in [6.45, 7) is 0. The van der Waals surface area contributed by atoms with Gasteiger partial charge in [-0.2, -0.15) is 0 Å². The van der Waals surface area contributed by atoms with Crippen molar-refractivity contribution >= 4 is 33.1 Å². The fourth-order valence-corrected chi connectivity index (χ4v) is 8.89. The van der Waals surface area contributed by atoms with Crippen LogP contribution in [0.4, 0.5) is 0 Å². The van der Waals surface area contributed by atoms with Gasteiger partial charge in [-0.15, -0.1) is 0 Å². The predicted molar refractivity (Wildman–Crippen MR) is 159 cm³/mol. The number of hydrogen-bond donors (Lipinski definition) is 0. The molecule has 38 heavy (non-hydrogen) atoms. The van der Waals surface area contributed by atoms with Gasteiger partial charge in [-0.1, -0.05) is 72.9 Å². The maximum Gasteiger partial charge on any atom is 0.0205 e. The van der Waals surface area contributed by atoms with Gasteiger partial charge in [0.15, 0.2) is 0 Å². The summed E-state index contributed by atoms with van der Waals surface area (Å²) >= 11 is 0. The van der Waals surface area contributed by atoms with Crippen LogP contribution in [0.2, 0.25) is 0 Å². The molecule has 0 aromatic heterocycles. The lowest BCUT2D eigenvalue weighted by molar-refractivity contribution is 0.660. The van der Waals surface area contributed by atoms with Crippen molar-refractivity contribution in [1.29, 1.82) is 0 Å². The minimum absolute atomic E-state index is 0.474. The van der Waals surface area contributed by atoms with Crippen molar-refractivity contribution in [3.63, 3.8) is 0 Å². The average molecular weight is 485 g/mol. The molecule has 0 saturated carbocycles. The Morgan fingerprint density at radius 2 is 0.974 bits per heavy atom. The van der Waals surface area contributed by atoms with Crippen LogP contribution >= 0.6 is 0 Å². The van der Waals surface area contributed by atoms with Crippen molar-refractivity contribution in [3.8, 4) is 0 Å². The van der Waals surface area contributed by atoms with E-state index in [9.17, 15) is 0 Å². The first kappa shape index (κ1) is 20.1. The Labute approximate surface area is 223 Å². The highest BCUT2D eigenvalue weighted by Gasteiger charge is 2.43. The van der Waals surface area contributed by atoms with Crippen LogP contribution in [-0.4, -0.2) is 0 Å². The van der Waals surface area contributed by atoms with Gasteiger partial charge in [-0.25, -0.2) is 0 Å². The van der Waals surface area contributed by atoms with Gasteiger partial charge in [0.25, 0.3) is 0 Å². The fourth-order valence-electron chi connectivity index (χ4n) is 8.89. The molecule has 0 bridgehead atoms. The van der Waals surface area contributed by atoms with Crippen LogP contribution < -0.4 is 0 Å². The zero-order chi connectivity index (χ0) is 24.5. The first-order valence-electron chi connectivity index (χ1n) is 14.5. The van der Waals surface area contributed by atoms with Gasteiger partial charge in [0.2, 0.25) is 0 Å². The van der Waals surface area contributed by atoms with Gasteiger partial charge in [0.05, 0.1) is 0 Å². The highest BCUT2D eigenvalue weighted by atomic mass is 14.5. The zero-order valence-electron chi connectivity index (χ0n) is 21.4. The molecule has 2 aromatic carbocycles. The molecule has 0 heterocycles. The Hall–Kier alpha value is -3.90. The lowest BCUT2D eigenvalue weighted by atomic mass is 9.70. The summed E-state index contributed by atoms with van der Waals surface area (Å²) in [7, 11) is 0. The summed E-state index contributed by atoms with van der Waals surface area (Å²) in [5.41, 5.74) is 18.2. The van der Waals surface area contributed by atoms with Gasteiger partial charge < -0.3 is 0 Å². The number of fused-ring (bicyclic) bond motifs is 9. The molecular formula is C38H28. The quantitative estimate of drug-likeness (QED) is 0.349. The molecule has 0 saturated heterocycles. The lowest BCUT2D eigenvalue weighted by Gasteiger charge is -2.34. The lowest BCUT2D eigenvalue weighted by Crippen LogP contribution is -2.21. The van der Waals surface area contributed by atoms with Crippen molar-refractivity contribution in [1.82, 2.24) is 0 Å². The molecule has 0 radical (unpaired) electrons. The van der Waals surface area contributed by atoms with Crippen LogP contribution in [0, 0.1) is 23.7 Å². The molecule has 0 N–H and O–H groups in total. The standard InChI is InChI=1S/C38H28/c1-3-9-25-21(7-1)15-35-33-19-23-18-32-30-14-6-12-28-26-10-4-2-8-22(26)16-36(38(28)30)34(32)20-24(23)17-31(33)29-13-5-11-27(25)37(29)35/h3-6,9-20,27-28,37-38H,1-2,7-8H2. The molecule has 0 spiro atoms. The Kier molecular flexibility index (Phi) is 3.67. The van der Waals surface area contributed by atoms with Gasteiger partial charge in [0, 0.05) is 23.7 Å². The number of allylic oxidation sites excluding steroid dienone is 20. The fraction of sp³-hybridized carbons (Fsp3) is 0.211. The Morgan fingerprint density at radius 3 is 1.45 bits per heavy atom. The molecule has 8 aliphatic carbocycles. The maximum atomic E-state index is 2.56. The van der Waals surface area contributed by atoms with Crippen molar-refractivity contribution in [2.24, 2.45) is 23.7 Å². The number of benzene rings is 2. The first-order chi connectivity index (χ1) is 18.8. The van der Waals surface area contributed by atoms with Crippen LogP contribution in [0.3, 0.4) is 0 Å². The summed E-state index contributed by atoms with van der Waals surface area (Å²) in [5.74, 6) is 1.92. The van der Waals surface area contributed by atoms with Gasteiger partial charge >= 0.3 is 0 Å². The van der Waals surface area contributed by atoms with E-state index >= 15 is 0 Å². The second kappa shape index (κ2) is 6.94. The molecule has 0 heteroatoms. The molecular weight excluding hydrogens is 456 g/mol. The van der Waals surface area contributed by atoms with Crippen LogP contribution in [0.25, 0.3) is 33.1 Å². The summed E-state index contributed by atoms with van der Waals surface area (Å²) in [6.07, 6.45) is 33.7. The van der Waals surface area contributed by atoms with Crippen LogP contribution in [0.5, 0.6) is 0 Å². The molecule has 2 aromatic rings. The van der Waals surface area contributed by atoms with Gasteiger partial charge in [0.1, 0.15) is 0 Å². The van der Waals surface area contributed by atoms with E-state index in [1.807, 2.05) is 0 Å². The summed E-state index contributed by atoms with van der Waals surface area (Å²) in [6, 6.07) is 10.1. The Balaban J connectivity index is 1.20. The van der Waals surface area contributed by atoms with E-state index < -0.39 is 0 Å². The zero-order valence-corrected chi connectivity index (χ0v) is 21.4. The summed E-state index contributed by atoms with van der Waals surface area (Å²) < 4.78 is 0. The second-order valence-corrected chi connectivity index (χ2v) is 12.2. The molecule has 0 nitrogen and oxygen atoms in total. The molecule has 0 amide bonds. The monoisotopic (exact) mass is 484 g/mol. The summed E-state index contributed by atoms with van der Waals surface area (Å²) in [4.78, 5) is 0. The van der Waals surface area contributed by atoms with E-state index in [-0.39, 0.29) is 0 Å². The number of rotatable bonds is 0. The predicted octanol–water partition coefficient (Wildman–Crippen LogP) is 9.33. The minimum atomic E-state index is 0.474. The van der Waals surface area contributed by atoms with Crippen molar-refractivity contribution in [2.45, 2.75) is 25.7 Å². The van der Waals surface area contributed by atoms with Crippen LogP contribution in [0.15, 0.2) is 119 Å². The summed E-state index contributed by atoms with van der Waals surface area (Å²) in [5, 5.41) is 2.78. The molecule has 0 fully saturated rings. The first-order valence-corrected chi connectivity index (χ1v) is 14.5. The molecule has 10 rings (SSSR count). The van der Waals surface area contributed by atoms with Gasteiger partial charge in [-0.05, 0) is 128 Å². The Morgan fingerprint density at radius 1 is 0.526 bits per heavy atom. The van der Waals surface area contributed by atoms with E-state index in [1.165, 1.54) is 69.9 Å². The Bertz CT molecular complexity index is 1720. The third kappa shape index (κ3) is 2.38. The molecule has 4 unspecified atom stereocenters. The highest BCUT2D eigenvalue weighted by Crippen LogP contribution is 2.59. The van der Waals surface area contributed by atoms with E-state index in [0.717, 1.165) is 0 Å². The average Bonchev–Trinajstić information content (AvgIpc) is 3.44. The molecule has 4 atom stereocenters. The second-order valence-electron chi connectivity index (χ2n) is 12.2. The minimum Gasteiger partial charge on any atom is -0.0839 e. The smallest absolute Gasteiger partial charge is 0.0205 e. The van der Waals surface area contributed by atoms with Crippen molar-refractivity contribution in [2.75, 3.05) is 0 Å².